The van der Waals surface area contributed by atoms with Gasteiger partial charge in [-0.15, -0.1) is 11.8 Å². The van der Waals surface area contributed by atoms with Crippen molar-refractivity contribution in [3.05, 3.63) is 10.6 Å². The number of carbonyl (C=O) groups excluding carboxylic acids is 1. The summed E-state index contributed by atoms with van der Waals surface area (Å²) in [6.07, 6.45) is 6.28. The first kappa shape index (κ1) is 20.4. The summed E-state index contributed by atoms with van der Waals surface area (Å²) in [5.41, 5.74) is 0.793. The van der Waals surface area contributed by atoms with E-state index in [-0.39, 0.29) is 5.75 Å². The van der Waals surface area contributed by atoms with Gasteiger partial charge in [0, 0.05) is 30.6 Å². The van der Waals surface area contributed by atoms with Crippen molar-refractivity contribution in [3.8, 4) is 0 Å². The summed E-state index contributed by atoms with van der Waals surface area (Å²) in [5, 5.41) is 2.71. The van der Waals surface area contributed by atoms with Crippen molar-refractivity contribution >= 4 is 18.2 Å². The van der Waals surface area contributed by atoms with Crippen LogP contribution in [0.1, 0.15) is 52.9 Å². The standard InChI is InChI=1S/C17H30F2N2OS/c1-4-5-6-14(2)7-9-21-10-8-16(15(11-21)20-13-22)23-12-17(3,18)19/h13-14H,4-12H2,1-3H3,(H,20,22). The molecule has 1 atom stereocenters. The van der Waals surface area contributed by atoms with E-state index in [4.69, 9.17) is 0 Å². The summed E-state index contributed by atoms with van der Waals surface area (Å²) in [5.74, 6) is -2.22. The van der Waals surface area contributed by atoms with E-state index < -0.39 is 5.92 Å². The Hall–Kier alpha value is -0.620. The average molecular weight is 349 g/mol. The Kier molecular flexibility index (Phi) is 9.14. The van der Waals surface area contributed by atoms with Crippen molar-refractivity contribution in [3.63, 3.8) is 0 Å². The van der Waals surface area contributed by atoms with E-state index in [1.807, 2.05) is 0 Å². The second kappa shape index (κ2) is 10.3. The summed E-state index contributed by atoms with van der Waals surface area (Å²) in [6.45, 7) is 7.94. The minimum absolute atomic E-state index is 0.236. The summed E-state index contributed by atoms with van der Waals surface area (Å²) < 4.78 is 26.1. The third-order valence-corrected chi connectivity index (χ3v) is 5.55. The largest absolute Gasteiger partial charge is 0.330 e. The number of halogens is 2. The van der Waals surface area contributed by atoms with Gasteiger partial charge < -0.3 is 5.32 Å². The Morgan fingerprint density at radius 1 is 1.43 bits per heavy atom. The highest BCUT2D eigenvalue weighted by Crippen LogP contribution is 2.31. The molecular weight excluding hydrogens is 318 g/mol. The van der Waals surface area contributed by atoms with Crippen molar-refractivity contribution in [2.45, 2.75) is 58.8 Å². The highest BCUT2D eigenvalue weighted by molar-refractivity contribution is 8.03. The van der Waals surface area contributed by atoms with E-state index >= 15 is 0 Å². The monoisotopic (exact) mass is 348 g/mol. The van der Waals surface area contributed by atoms with Crippen molar-refractivity contribution in [1.82, 2.24) is 10.2 Å². The summed E-state index contributed by atoms with van der Waals surface area (Å²) in [7, 11) is 0. The molecule has 1 amide bonds. The SMILES string of the molecule is CCCCC(C)CCN1CCC(SCC(C)(F)F)=C(NC=O)C1. The maximum atomic E-state index is 13.0. The quantitative estimate of drug-likeness (QED) is 0.566. The molecule has 1 N–H and O–H groups in total. The van der Waals surface area contributed by atoms with Crippen molar-refractivity contribution in [1.29, 1.82) is 0 Å². The Balaban J connectivity index is 2.50. The Morgan fingerprint density at radius 3 is 2.78 bits per heavy atom. The molecule has 0 aliphatic carbocycles. The zero-order valence-electron chi connectivity index (χ0n) is 14.5. The van der Waals surface area contributed by atoms with Crippen molar-refractivity contribution < 1.29 is 13.6 Å². The zero-order chi connectivity index (χ0) is 17.3. The molecule has 0 radical (unpaired) electrons. The molecule has 0 fully saturated rings. The molecular formula is C17H30F2N2OS. The average Bonchev–Trinajstić information content (AvgIpc) is 2.49. The Morgan fingerprint density at radius 2 is 2.17 bits per heavy atom. The fraction of sp³-hybridized carbons (Fsp3) is 0.824. The van der Waals surface area contributed by atoms with E-state index in [0.717, 1.165) is 43.5 Å². The van der Waals surface area contributed by atoms with E-state index in [9.17, 15) is 13.6 Å². The lowest BCUT2D eigenvalue weighted by Gasteiger charge is -2.31. The van der Waals surface area contributed by atoms with Crippen LogP contribution in [0.2, 0.25) is 0 Å². The van der Waals surface area contributed by atoms with Gasteiger partial charge in [0.25, 0.3) is 5.92 Å². The number of carbonyl (C=O) groups is 1. The van der Waals surface area contributed by atoms with E-state index in [0.29, 0.717) is 18.9 Å². The zero-order valence-corrected chi connectivity index (χ0v) is 15.4. The van der Waals surface area contributed by atoms with Gasteiger partial charge in [-0.25, -0.2) is 8.78 Å². The number of alkyl halides is 2. The molecule has 0 spiro atoms. The Bertz CT molecular complexity index is 397. The second-order valence-corrected chi connectivity index (χ2v) is 7.66. The molecule has 23 heavy (non-hydrogen) atoms. The smallest absolute Gasteiger partial charge is 0.254 e. The molecule has 1 heterocycles. The molecule has 1 aliphatic heterocycles. The van der Waals surface area contributed by atoms with Crippen molar-refractivity contribution in [2.24, 2.45) is 5.92 Å². The van der Waals surface area contributed by atoms with Crippen LogP contribution in [0.5, 0.6) is 0 Å². The minimum Gasteiger partial charge on any atom is -0.330 e. The van der Waals surface area contributed by atoms with Crippen LogP contribution >= 0.6 is 11.8 Å². The van der Waals surface area contributed by atoms with Crippen LogP contribution in [0.25, 0.3) is 0 Å². The molecule has 0 saturated heterocycles. The number of amides is 1. The number of unbranched alkanes of at least 4 members (excludes halogenated alkanes) is 1. The molecule has 0 bridgehead atoms. The predicted octanol–water partition coefficient (Wildman–Crippen LogP) is 4.25. The van der Waals surface area contributed by atoms with Crippen molar-refractivity contribution in [2.75, 3.05) is 25.4 Å². The first-order valence-electron chi connectivity index (χ1n) is 8.51. The fourth-order valence-corrected chi connectivity index (χ4v) is 3.62. The third-order valence-electron chi connectivity index (χ3n) is 4.10. The Labute approximate surface area is 143 Å². The molecule has 0 aromatic heterocycles. The van der Waals surface area contributed by atoms with Gasteiger partial charge in [-0.3, -0.25) is 9.69 Å². The lowest BCUT2D eigenvalue weighted by atomic mass is 10.0. The summed E-state index contributed by atoms with van der Waals surface area (Å²) in [6, 6.07) is 0. The number of nitrogens with zero attached hydrogens (tertiary/aromatic N) is 1. The van der Waals surface area contributed by atoms with E-state index in [2.05, 4.69) is 24.1 Å². The first-order chi connectivity index (χ1) is 10.9. The summed E-state index contributed by atoms with van der Waals surface area (Å²) >= 11 is 1.17. The van der Waals surface area contributed by atoms with Gasteiger partial charge in [-0.1, -0.05) is 33.1 Å². The van der Waals surface area contributed by atoms with Crippen LogP contribution in [0, 0.1) is 5.92 Å². The van der Waals surface area contributed by atoms with Gasteiger partial charge in [0.15, 0.2) is 0 Å². The van der Waals surface area contributed by atoms with E-state index in [1.165, 1.54) is 31.0 Å². The molecule has 3 nitrogen and oxygen atoms in total. The molecule has 0 aromatic carbocycles. The van der Waals surface area contributed by atoms with Crippen LogP contribution in [-0.4, -0.2) is 42.6 Å². The molecule has 6 heteroatoms. The lowest BCUT2D eigenvalue weighted by molar-refractivity contribution is -0.109. The first-order valence-corrected chi connectivity index (χ1v) is 9.49. The molecule has 0 aromatic rings. The minimum atomic E-state index is -2.68. The number of hydrogen-bond acceptors (Lipinski definition) is 3. The van der Waals surface area contributed by atoms with Gasteiger partial charge in [-0.05, 0) is 25.3 Å². The highest BCUT2D eigenvalue weighted by atomic mass is 32.2. The maximum absolute atomic E-state index is 13.0. The van der Waals surface area contributed by atoms with Crippen LogP contribution in [-0.2, 0) is 4.79 Å². The third kappa shape index (κ3) is 8.70. The molecule has 1 aliphatic rings. The van der Waals surface area contributed by atoms with Crippen LogP contribution in [0.15, 0.2) is 10.6 Å². The lowest BCUT2D eigenvalue weighted by Crippen LogP contribution is -2.37. The van der Waals surface area contributed by atoms with Gasteiger partial charge >= 0.3 is 0 Å². The second-order valence-electron chi connectivity index (χ2n) is 6.59. The molecule has 1 rings (SSSR count). The molecule has 1 unspecified atom stereocenters. The van der Waals surface area contributed by atoms with Gasteiger partial charge in [0.1, 0.15) is 0 Å². The normalized spacial score (nSPS) is 18.1. The summed E-state index contributed by atoms with van der Waals surface area (Å²) in [4.78, 5) is 14.0. The fourth-order valence-electron chi connectivity index (χ4n) is 2.66. The van der Waals surface area contributed by atoms with Gasteiger partial charge in [-0.2, -0.15) is 0 Å². The molecule has 134 valence electrons. The predicted molar refractivity (Wildman–Crippen MR) is 93.7 cm³/mol. The number of thioether (sulfide) groups is 1. The van der Waals surface area contributed by atoms with Crippen LogP contribution in [0.4, 0.5) is 8.78 Å². The maximum Gasteiger partial charge on any atom is 0.254 e. The topological polar surface area (TPSA) is 32.3 Å². The molecule has 0 saturated carbocycles. The highest BCUT2D eigenvalue weighted by Gasteiger charge is 2.25. The number of nitrogens with one attached hydrogen (secondary N) is 1. The number of hydrogen-bond donors (Lipinski definition) is 1. The number of rotatable bonds is 11. The van der Waals surface area contributed by atoms with Gasteiger partial charge in [0.05, 0.1) is 5.75 Å². The van der Waals surface area contributed by atoms with E-state index in [1.54, 1.807) is 0 Å². The van der Waals surface area contributed by atoms with Gasteiger partial charge in [0.2, 0.25) is 6.41 Å². The van der Waals surface area contributed by atoms with Crippen LogP contribution < -0.4 is 5.32 Å². The van der Waals surface area contributed by atoms with Crippen LogP contribution in [0.3, 0.4) is 0 Å².